The van der Waals surface area contributed by atoms with Gasteiger partial charge < -0.3 is 5.32 Å². The second-order valence-corrected chi connectivity index (χ2v) is 6.18. The SMILES string of the molecule is CCCn1ncc2c1NC(=O)CC2c1ccc(C#N)c(SC)n1. The highest BCUT2D eigenvalue weighted by Crippen LogP contribution is 2.37. The van der Waals surface area contributed by atoms with Crippen LogP contribution in [-0.4, -0.2) is 26.9 Å². The van der Waals surface area contributed by atoms with Gasteiger partial charge in [-0.3, -0.25) is 4.79 Å². The first-order chi connectivity index (χ1) is 11.2. The first-order valence-corrected chi connectivity index (χ1v) is 8.71. The summed E-state index contributed by atoms with van der Waals surface area (Å²) in [6.45, 7) is 2.84. The van der Waals surface area contributed by atoms with Crippen LogP contribution in [0.25, 0.3) is 0 Å². The monoisotopic (exact) mass is 327 g/mol. The van der Waals surface area contributed by atoms with E-state index in [2.05, 4.69) is 28.4 Å². The topological polar surface area (TPSA) is 83.6 Å². The number of nitrogens with one attached hydrogen (secondary N) is 1. The lowest BCUT2D eigenvalue weighted by atomic mass is 9.90. The third-order valence-electron chi connectivity index (χ3n) is 3.88. The Bertz CT molecular complexity index is 792. The standard InChI is InChI=1S/C16H17N5OS/c1-3-6-21-15-12(9-18-21)11(7-14(22)20-15)13-5-4-10(8-17)16(19-13)23-2/h4-5,9,11H,3,6-7H2,1-2H3,(H,20,22). The Morgan fingerprint density at radius 1 is 1.52 bits per heavy atom. The molecule has 0 aromatic carbocycles. The van der Waals surface area contributed by atoms with Crippen molar-refractivity contribution in [2.45, 2.75) is 37.3 Å². The molecule has 0 radical (unpaired) electrons. The van der Waals surface area contributed by atoms with Gasteiger partial charge in [-0.1, -0.05) is 6.92 Å². The summed E-state index contributed by atoms with van der Waals surface area (Å²) in [6.07, 6.45) is 5.00. The van der Waals surface area contributed by atoms with Crippen molar-refractivity contribution in [3.63, 3.8) is 0 Å². The van der Waals surface area contributed by atoms with Crippen molar-refractivity contribution < 1.29 is 4.79 Å². The Labute approximate surface area is 138 Å². The first-order valence-electron chi connectivity index (χ1n) is 7.48. The van der Waals surface area contributed by atoms with Crippen molar-refractivity contribution >= 4 is 23.5 Å². The molecule has 2 aromatic rings. The number of nitrogens with zero attached hydrogens (tertiary/aromatic N) is 4. The number of rotatable bonds is 4. The molecule has 3 heterocycles. The molecule has 118 valence electrons. The van der Waals surface area contributed by atoms with Crippen LogP contribution in [0, 0.1) is 11.3 Å². The normalized spacial score (nSPS) is 16.6. The molecule has 1 aliphatic heterocycles. The molecule has 7 heteroatoms. The molecule has 0 saturated carbocycles. The lowest BCUT2D eigenvalue weighted by Crippen LogP contribution is -2.25. The molecule has 1 unspecified atom stereocenters. The molecule has 23 heavy (non-hydrogen) atoms. The van der Waals surface area contributed by atoms with Crippen molar-refractivity contribution in [3.05, 3.63) is 35.2 Å². The first kappa shape index (κ1) is 15.6. The predicted octanol–water partition coefficient (Wildman–Crippen LogP) is 2.76. The van der Waals surface area contributed by atoms with Crippen LogP contribution >= 0.6 is 11.8 Å². The molecule has 1 atom stereocenters. The van der Waals surface area contributed by atoms with Gasteiger partial charge in [0.05, 0.1) is 11.8 Å². The van der Waals surface area contributed by atoms with Crippen LogP contribution < -0.4 is 5.32 Å². The van der Waals surface area contributed by atoms with E-state index in [-0.39, 0.29) is 11.8 Å². The third-order valence-corrected chi connectivity index (χ3v) is 4.58. The van der Waals surface area contributed by atoms with Crippen molar-refractivity contribution in [1.82, 2.24) is 14.8 Å². The van der Waals surface area contributed by atoms with Crippen LogP contribution in [0.2, 0.25) is 0 Å². The summed E-state index contributed by atoms with van der Waals surface area (Å²) in [5.41, 5.74) is 2.35. The van der Waals surface area contributed by atoms with E-state index in [0.717, 1.165) is 30.0 Å². The predicted molar refractivity (Wildman–Crippen MR) is 88.3 cm³/mol. The van der Waals surface area contributed by atoms with E-state index >= 15 is 0 Å². The maximum absolute atomic E-state index is 12.1. The number of pyridine rings is 1. The van der Waals surface area contributed by atoms with Crippen LogP contribution in [0.1, 0.15) is 42.5 Å². The second-order valence-electron chi connectivity index (χ2n) is 5.38. The number of aryl methyl sites for hydroxylation is 1. The van der Waals surface area contributed by atoms with E-state index in [9.17, 15) is 4.79 Å². The quantitative estimate of drug-likeness (QED) is 0.873. The zero-order valence-electron chi connectivity index (χ0n) is 13.0. The highest BCUT2D eigenvalue weighted by Gasteiger charge is 2.31. The lowest BCUT2D eigenvalue weighted by Gasteiger charge is -2.23. The molecular formula is C16H17N5OS. The van der Waals surface area contributed by atoms with Gasteiger partial charge in [0, 0.05) is 30.1 Å². The third kappa shape index (κ3) is 2.82. The number of anilines is 1. The fourth-order valence-electron chi connectivity index (χ4n) is 2.80. The Morgan fingerprint density at radius 2 is 2.35 bits per heavy atom. The van der Waals surface area contributed by atoms with Gasteiger partial charge in [0.2, 0.25) is 5.91 Å². The molecule has 0 aliphatic carbocycles. The number of hydrogen-bond donors (Lipinski definition) is 1. The van der Waals surface area contributed by atoms with Gasteiger partial charge in [0.25, 0.3) is 0 Å². The maximum atomic E-state index is 12.1. The van der Waals surface area contributed by atoms with Gasteiger partial charge in [-0.2, -0.15) is 10.4 Å². The van der Waals surface area contributed by atoms with Crippen molar-refractivity contribution in [1.29, 1.82) is 5.26 Å². The summed E-state index contributed by atoms with van der Waals surface area (Å²) in [4.78, 5) is 16.7. The summed E-state index contributed by atoms with van der Waals surface area (Å²) < 4.78 is 1.83. The van der Waals surface area contributed by atoms with Crippen LogP contribution in [0.4, 0.5) is 5.82 Å². The molecule has 0 saturated heterocycles. The molecule has 3 rings (SSSR count). The van der Waals surface area contributed by atoms with Crippen molar-refractivity contribution in [3.8, 4) is 6.07 Å². The van der Waals surface area contributed by atoms with Crippen LogP contribution in [0.3, 0.4) is 0 Å². The van der Waals surface area contributed by atoms with E-state index < -0.39 is 0 Å². The van der Waals surface area contributed by atoms with Gasteiger partial charge in [-0.05, 0) is 24.8 Å². The minimum absolute atomic E-state index is 0.0304. The molecule has 0 bridgehead atoms. The highest BCUT2D eigenvalue weighted by molar-refractivity contribution is 7.98. The second kappa shape index (κ2) is 6.42. The highest BCUT2D eigenvalue weighted by atomic mass is 32.2. The summed E-state index contributed by atoms with van der Waals surface area (Å²) in [5.74, 6) is 0.616. The molecule has 1 aliphatic rings. The summed E-state index contributed by atoms with van der Waals surface area (Å²) >= 11 is 1.44. The van der Waals surface area contributed by atoms with Crippen molar-refractivity contribution in [2.75, 3.05) is 11.6 Å². The van der Waals surface area contributed by atoms with Gasteiger partial charge in [0.1, 0.15) is 16.9 Å². The fourth-order valence-corrected chi connectivity index (χ4v) is 3.33. The number of carbonyl (C=O) groups is 1. The van der Waals surface area contributed by atoms with Gasteiger partial charge in [-0.25, -0.2) is 9.67 Å². The Hall–Kier alpha value is -2.33. The number of fused-ring (bicyclic) bond motifs is 1. The minimum atomic E-state index is -0.122. The number of nitriles is 1. The molecule has 2 aromatic heterocycles. The smallest absolute Gasteiger partial charge is 0.226 e. The molecule has 0 spiro atoms. The van der Waals surface area contributed by atoms with Crippen LogP contribution in [-0.2, 0) is 11.3 Å². The number of hydrogen-bond acceptors (Lipinski definition) is 5. The Kier molecular flexibility index (Phi) is 4.35. The number of aromatic nitrogens is 3. The zero-order chi connectivity index (χ0) is 16.4. The molecule has 1 N–H and O–H groups in total. The number of thioether (sulfide) groups is 1. The van der Waals surface area contributed by atoms with Gasteiger partial charge in [-0.15, -0.1) is 11.8 Å². The number of carbonyl (C=O) groups excluding carboxylic acids is 1. The Balaban J connectivity index is 2.05. The molecule has 6 nitrogen and oxygen atoms in total. The van der Waals surface area contributed by atoms with E-state index in [4.69, 9.17) is 5.26 Å². The average Bonchev–Trinajstić information content (AvgIpc) is 2.96. The summed E-state index contributed by atoms with van der Waals surface area (Å²) in [7, 11) is 0. The van der Waals surface area contributed by atoms with Gasteiger partial charge in [0.15, 0.2) is 0 Å². The molecule has 0 fully saturated rings. The summed E-state index contributed by atoms with van der Waals surface area (Å²) in [5, 5.41) is 17.1. The van der Waals surface area contributed by atoms with Crippen LogP contribution in [0.15, 0.2) is 23.4 Å². The lowest BCUT2D eigenvalue weighted by molar-refractivity contribution is -0.116. The van der Waals surface area contributed by atoms with E-state index in [1.807, 2.05) is 23.2 Å². The number of amides is 1. The maximum Gasteiger partial charge on any atom is 0.226 e. The van der Waals surface area contributed by atoms with E-state index in [1.165, 1.54) is 11.8 Å². The summed E-state index contributed by atoms with van der Waals surface area (Å²) in [6, 6.07) is 5.76. The zero-order valence-corrected chi connectivity index (χ0v) is 13.9. The van der Waals surface area contributed by atoms with Crippen molar-refractivity contribution in [2.24, 2.45) is 0 Å². The molecule has 1 amide bonds. The fraction of sp³-hybridized carbons (Fsp3) is 0.375. The van der Waals surface area contributed by atoms with E-state index in [0.29, 0.717) is 17.0 Å². The van der Waals surface area contributed by atoms with Gasteiger partial charge >= 0.3 is 0 Å². The average molecular weight is 327 g/mol. The minimum Gasteiger partial charge on any atom is -0.311 e. The Morgan fingerprint density at radius 3 is 3.04 bits per heavy atom. The largest absolute Gasteiger partial charge is 0.311 e. The van der Waals surface area contributed by atoms with Crippen LogP contribution in [0.5, 0.6) is 0 Å². The van der Waals surface area contributed by atoms with E-state index in [1.54, 1.807) is 6.07 Å². The molecular weight excluding hydrogens is 310 g/mol.